The lowest BCUT2D eigenvalue weighted by Gasteiger charge is -2.29. The Morgan fingerprint density at radius 1 is 1.35 bits per heavy atom. The van der Waals surface area contributed by atoms with E-state index in [9.17, 15) is 9.59 Å². The summed E-state index contributed by atoms with van der Waals surface area (Å²) >= 11 is 0. The van der Waals surface area contributed by atoms with Crippen molar-refractivity contribution in [1.29, 1.82) is 0 Å². The number of carbonyl (C=O) groups is 2. The number of fused-ring (bicyclic) bond motifs is 1. The van der Waals surface area contributed by atoms with Crippen LogP contribution in [0.1, 0.15) is 12.0 Å². The van der Waals surface area contributed by atoms with E-state index in [2.05, 4.69) is 6.58 Å². The average Bonchev–Trinajstić information content (AvgIpc) is 2.32. The van der Waals surface area contributed by atoms with Crippen molar-refractivity contribution < 1.29 is 14.7 Å². The molecule has 0 saturated heterocycles. The van der Waals surface area contributed by atoms with E-state index in [0.717, 1.165) is 11.3 Å². The first kappa shape index (κ1) is 11.4. The number of benzene rings is 1. The van der Waals surface area contributed by atoms with Crippen molar-refractivity contribution in [2.24, 2.45) is 0 Å². The van der Waals surface area contributed by atoms with Crippen LogP contribution in [0.15, 0.2) is 36.4 Å². The molecule has 4 heteroatoms. The Morgan fingerprint density at radius 2 is 2.06 bits per heavy atom. The molecule has 1 N–H and O–H groups in total. The van der Waals surface area contributed by atoms with E-state index >= 15 is 0 Å². The van der Waals surface area contributed by atoms with Crippen molar-refractivity contribution in [3.63, 3.8) is 0 Å². The maximum atomic E-state index is 11.8. The summed E-state index contributed by atoms with van der Waals surface area (Å²) in [6, 6.07) is 7.55. The fourth-order valence-corrected chi connectivity index (χ4v) is 1.93. The van der Waals surface area contributed by atoms with Crippen LogP contribution in [0.25, 0.3) is 0 Å². The van der Waals surface area contributed by atoms with Crippen molar-refractivity contribution in [3.05, 3.63) is 42.0 Å². The van der Waals surface area contributed by atoms with Gasteiger partial charge in [-0.05, 0) is 18.1 Å². The van der Waals surface area contributed by atoms with E-state index in [1.165, 1.54) is 4.90 Å². The first-order valence-electron chi connectivity index (χ1n) is 5.39. The van der Waals surface area contributed by atoms with Gasteiger partial charge in [-0.1, -0.05) is 24.8 Å². The second-order valence-electron chi connectivity index (χ2n) is 4.02. The van der Waals surface area contributed by atoms with Crippen LogP contribution in [0, 0.1) is 0 Å². The molecule has 0 fully saturated rings. The van der Waals surface area contributed by atoms with Crippen molar-refractivity contribution in [2.45, 2.75) is 12.8 Å². The van der Waals surface area contributed by atoms with Gasteiger partial charge in [0.2, 0.25) is 5.91 Å². The Morgan fingerprint density at radius 3 is 2.76 bits per heavy atom. The summed E-state index contributed by atoms with van der Waals surface area (Å²) in [4.78, 5) is 24.1. The average molecular weight is 231 g/mol. The van der Waals surface area contributed by atoms with Crippen LogP contribution in [-0.4, -0.2) is 23.5 Å². The smallest absolute Gasteiger partial charge is 0.332 e. The monoisotopic (exact) mass is 231 g/mol. The third kappa shape index (κ3) is 2.20. The molecule has 4 nitrogen and oxygen atoms in total. The molecule has 0 spiro atoms. The van der Waals surface area contributed by atoms with Crippen LogP contribution in [0.5, 0.6) is 0 Å². The number of aryl methyl sites for hydroxylation is 1. The number of amides is 1. The van der Waals surface area contributed by atoms with E-state index < -0.39 is 5.97 Å². The lowest BCUT2D eigenvalue weighted by Crippen LogP contribution is -2.37. The molecular formula is C13H13NO3. The standard InChI is InChI=1S/C13H13NO3/c1-9(13(16)17)8-14-11-5-3-2-4-10(11)6-7-12(14)15/h2-5H,1,6-8H2,(H,16,17). The molecule has 1 aromatic carbocycles. The van der Waals surface area contributed by atoms with Gasteiger partial charge in [-0.15, -0.1) is 0 Å². The van der Waals surface area contributed by atoms with Gasteiger partial charge in [-0.3, -0.25) is 4.79 Å². The Bertz CT molecular complexity index is 493. The highest BCUT2D eigenvalue weighted by Crippen LogP contribution is 2.27. The number of hydrogen-bond acceptors (Lipinski definition) is 2. The quantitative estimate of drug-likeness (QED) is 0.804. The zero-order chi connectivity index (χ0) is 12.4. The van der Waals surface area contributed by atoms with Crippen LogP contribution in [-0.2, 0) is 16.0 Å². The number of carboxylic acid groups (broad SMARTS) is 1. The highest BCUT2D eigenvalue weighted by atomic mass is 16.4. The van der Waals surface area contributed by atoms with E-state index in [1.54, 1.807) is 0 Å². The molecule has 0 unspecified atom stereocenters. The molecule has 1 amide bonds. The molecule has 1 heterocycles. The van der Waals surface area contributed by atoms with Crippen LogP contribution in [0.4, 0.5) is 5.69 Å². The summed E-state index contributed by atoms with van der Waals surface area (Å²) in [7, 11) is 0. The van der Waals surface area contributed by atoms with Crippen molar-refractivity contribution >= 4 is 17.6 Å². The highest BCUT2D eigenvalue weighted by Gasteiger charge is 2.25. The zero-order valence-corrected chi connectivity index (χ0v) is 9.35. The van der Waals surface area contributed by atoms with Gasteiger partial charge in [-0.2, -0.15) is 0 Å². The Labute approximate surface area is 99.2 Å². The minimum absolute atomic E-state index is 0.0232. The third-order valence-electron chi connectivity index (χ3n) is 2.84. The minimum Gasteiger partial charge on any atom is -0.478 e. The first-order valence-corrected chi connectivity index (χ1v) is 5.39. The van der Waals surface area contributed by atoms with Gasteiger partial charge in [0.05, 0.1) is 6.54 Å². The van der Waals surface area contributed by atoms with Crippen LogP contribution in [0.2, 0.25) is 0 Å². The lowest BCUT2D eigenvalue weighted by atomic mass is 10.0. The van der Waals surface area contributed by atoms with Crippen LogP contribution < -0.4 is 4.90 Å². The van der Waals surface area contributed by atoms with Gasteiger partial charge in [0.15, 0.2) is 0 Å². The van der Waals surface area contributed by atoms with Gasteiger partial charge in [-0.25, -0.2) is 4.79 Å². The molecule has 1 aromatic rings. The predicted octanol–water partition coefficient (Wildman–Crippen LogP) is 1.61. The largest absolute Gasteiger partial charge is 0.478 e. The summed E-state index contributed by atoms with van der Waals surface area (Å²) < 4.78 is 0. The molecule has 0 atom stereocenters. The molecule has 0 radical (unpaired) electrons. The van der Waals surface area contributed by atoms with Gasteiger partial charge < -0.3 is 10.0 Å². The lowest BCUT2D eigenvalue weighted by molar-refractivity contribution is -0.132. The fourth-order valence-electron chi connectivity index (χ4n) is 1.93. The highest BCUT2D eigenvalue weighted by molar-refractivity contribution is 5.99. The number of carbonyl (C=O) groups excluding carboxylic acids is 1. The summed E-state index contributed by atoms with van der Waals surface area (Å²) in [6.45, 7) is 3.51. The number of rotatable bonds is 3. The Hall–Kier alpha value is -2.10. The predicted molar refractivity (Wildman–Crippen MR) is 63.9 cm³/mol. The maximum Gasteiger partial charge on any atom is 0.332 e. The van der Waals surface area contributed by atoms with Crippen LogP contribution in [0.3, 0.4) is 0 Å². The van der Waals surface area contributed by atoms with Crippen molar-refractivity contribution in [1.82, 2.24) is 0 Å². The molecular weight excluding hydrogens is 218 g/mol. The Kier molecular flexibility index (Phi) is 2.95. The molecule has 17 heavy (non-hydrogen) atoms. The van der Waals surface area contributed by atoms with Crippen molar-refractivity contribution in [2.75, 3.05) is 11.4 Å². The van der Waals surface area contributed by atoms with E-state index in [0.29, 0.717) is 12.8 Å². The third-order valence-corrected chi connectivity index (χ3v) is 2.84. The zero-order valence-electron chi connectivity index (χ0n) is 9.35. The molecule has 2 rings (SSSR count). The summed E-state index contributed by atoms with van der Waals surface area (Å²) in [6.07, 6.45) is 1.13. The molecule has 0 aliphatic carbocycles. The fraction of sp³-hybridized carbons (Fsp3) is 0.231. The number of carboxylic acids is 1. The number of aliphatic carboxylic acids is 1. The second-order valence-corrected chi connectivity index (χ2v) is 4.02. The molecule has 1 aliphatic heterocycles. The molecule has 1 aliphatic rings. The van der Waals surface area contributed by atoms with Crippen LogP contribution >= 0.6 is 0 Å². The van der Waals surface area contributed by atoms with Crippen molar-refractivity contribution in [3.8, 4) is 0 Å². The van der Waals surface area contributed by atoms with Gasteiger partial charge in [0, 0.05) is 17.7 Å². The normalized spacial score (nSPS) is 14.4. The second kappa shape index (κ2) is 4.41. The number of hydrogen-bond donors (Lipinski definition) is 1. The van der Waals surface area contributed by atoms with E-state index in [1.807, 2.05) is 24.3 Å². The number of para-hydroxylation sites is 1. The molecule has 0 bridgehead atoms. The topological polar surface area (TPSA) is 57.6 Å². The number of nitrogens with zero attached hydrogens (tertiary/aromatic N) is 1. The number of anilines is 1. The summed E-state index contributed by atoms with van der Waals surface area (Å²) in [5, 5.41) is 8.81. The summed E-state index contributed by atoms with van der Waals surface area (Å²) in [5.41, 5.74) is 1.89. The summed E-state index contributed by atoms with van der Waals surface area (Å²) in [5.74, 6) is -1.12. The van der Waals surface area contributed by atoms with E-state index in [-0.39, 0.29) is 18.0 Å². The van der Waals surface area contributed by atoms with Gasteiger partial charge in [0.25, 0.3) is 0 Å². The SMILES string of the molecule is C=C(CN1C(=O)CCc2ccccc21)C(=O)O. The first-order chi connectivity index (χ1) is 8.09. The van der Waals surface area contributed by atoms with Gasteiger partial charge in [0.1, 0.15) is 0 Å². The minimum atomic E-state index is -1.07. The molecule has 0 saturated carbocycles. The Balaban J connectivity index is 2.30. The van der Waals surface area contributed by atoms with E-state index in [4.69, 9.17) is 5.11 Å². The van der Waals surface area contributed by atoms with Gasteiger partial charge >= 0.3 is 5.97 Å². The molecule has 88 valence electrons. The maximum absolute atomic E-state index is 11.8. The molecule has 0 aromatic heterocycles.